The van der Waals surface area contributed by atoms with E-state index in [2.05, 4.69) is 116 Å². The third kappa shape index (κ3) is 30.0. The summed E-state index contributed by atoms with van der Waals surface area (Å²) < 4.78 is 0. The molecule has 0 saturated heterocycles. The van der Waals surface area contributed by atoms with Gasteiger partial charge >= 0.3 is 22.4 Å². The van der Waals surface area contributed by atoms with E-state index in [-0.39, 0.29) is 16.5 Å². The fourth-order valence-corrected chi connectivity index (χ4v) is 7.76. The summed E-state index contributed by atoms with van der Waals surface area (Å²) in [5, 5.41) is 0. The van der Waals surface area contributed by atoms with Gasteiger partial charge in [-0.05, 0) is 116 Å². The van der Waals surface area contributed by atoms with Crippen molar-refractivity contribution < 1.29 is 21.3 Å². The Bertz CT molecular complexity index is 1330. The normalized spacial score (nSPS) is 11.0. The second-order valence-electron chi connectivity index (χ2n) is 17.2. The fourth-order valence-electron chi connectivity index (χ4n) is 7.76. The van der Waals surface area contributed by atoms with Crippen LogP contribution in [0.1, 0.15) is 262 Å². The average molecular weight is 868 g/mol. The molecule has 0 saturated carbocycles. The molecule has 0 amide bonds. The fraction of sp³-hybridized carbons (Fsp3) is 0.684. The molecule has 0 aliphatic carbocycles. The van der Waals surface area contributed by atoms with Gasteiger partial charge < -0.3 is 19.4 Å². The summed E-state index contributed by atoms with van der Waals surface area (Å²) in [4.78, 5) is 3.44. The third-order valence-electron chi connectivity index (χ3n) is 11.4. The topological polar surface area (TPSA) is 36.4 Å². The quantitative estimate of drug-likeness (QED) is 0.0134. The summed E-state index contributed by atoms with van der Waals surface area (Å²) in [5.74, 6) is 2.99. The monoisotopic (exact) mass is 867 g/mol. The summed E-state index contributed by atoms with van der Waals surface area (Å²) in [6.07, 6.45) is 38.3. The number of hydrogen-bond donors (Lipinski definition) is 0. The molecular formula is C57H96N2Ni. The molecule has 0 radical (unpaired) electrons. The molecule has 2 aromatic carbocycles. The van der Waals surface area contributed by atoms with E-state index in [9.17, 15) is 5.53 Å². The van der Waals surface area contributed by atoms with Gasteiger partial charge in [0.2, 0.25) is 0 Å². The number of aryl methyl sites for hydroxylation is 4. The van der Waals surface area contributed by atoms with E-state index in [4.69, 9.17) is 0 Å². The van der Waals surface area contributed by atoms with Gasteiger partial charge in [0.05, 0.1) is 5.57 Å². The number of nitrogens with zero attached hydrogens (tertiary/aromatic N) is 2. The van der Waals surface area contributed by atoms with Crippen molar-refractivity contribution >= 4 is 11.4 Å². The van der Waals surface area contributed by atoms with Crippen LogP contribution in [0.3, 0.4) is 0 Å². The molecule has 0 unspecified atom stereocenters. The van der Waals surface area contributed by atoms with Crippen LogP contribution in [0.5, 0.6) is 0 Å². The van der Waals surface area contributed by atoms with Crippen molar-refractivity contribution in [3.05, 3.63) is 100 Å². The van der Waals surface area contributed by atoms with Gasteiger partial charge in [-0.15, -0.1) is 4.79 Å². The van der Waals surface area contributed by atoms with Crippen molar-refractivity contribution in [3.63, 3.8) is 0 Å². The molecule has 2 nitrogen and oxygen atoms in total. The second kappa shape index (κ2) is 43.5. The van der Waals surface area contributed by atoms with Crippen LogP contribution in [0, 0.1) is 13.8 Å². The summed E-state index contributed by atoms with van der Waals surface area (Å²) in [6, 6.07) is 15.0. The molecular weight excluding hydrogens is 771 g/mol. The van der Waals surface area contributed by atoms with Gasteiger partial charge in [-0.25, -0.2) is 0 Å². The zero-order valence-electron chi connectivity index (χ0n) is 41.0. The number of allylic oxidation sites excluding steroid dienone is 2. The van der Waals surface area contributed by atoms with Gasteiger partial charge in [-0.2, -0.15) is 12.8 Å². The van der Waals surface area contributed by atoms with Crippen molar-refractivity contribution in [2.24, 2.45) is 0 Å². The minimum Gasteiger partial charge on any atom is -0.348 e. The van der Waals surface area contributed by atoms with Crippen molar-refractivity contribution in [3.8, 4) is 0 Å². The SMILES string of the molecule is CCCCCCCCC(C(C)=C=[N+]=[N-])=C(c1cc(CCCC)cc(CCCC)c1)c1cc(CCCCCC)cc(CCCCCC)c1.[CH2-]CCCCC.[CH2-]CCCCC.[Ni+2]. The minimum atomic E-state index is 0. The Kier molecular flexibility index (Phi) is 43.4. The predicted octanol–water partition coefficient (Wildman–Crippen LogP) is 18.8. The molecule has 0 spiro atoms. The van der Waals surface area contributed by atoms with Crippen LogP contribution in [-0.4, -0.2) is 10.7 Å². The van der Waals surface area contributed by atoms with Crippen LogP contribution < -0.4 is 0 Å². The molecule has 0 aliphatic heterocycles. The van der Waals surface area contributed by atoms with Gasteiger partial charge in [0, 0.05) is 0 Å². The number of unbranched alkanes of at least 4 members (excludes halogenated alkanes) is 19. The molecule has 0 N–H and O–H groups in total. The summed E-state index contributed by atoms with van der Waals surface area (Å²) >= 11 is 0. The Balaban J connectivity index is 0. The van der Waals surface area contributed by atoms with E-state index in [1.165, 1.54) is 192 Å². The van der Waals surface area contributed by atoms with Gasteiger partial charge in [0.25, 0.3) is 0 Å². The number of hydrogen-bond acceptors (Lipinski definition) is 0. The van der Waals surface area contributed by atoms with E-state index in [0.717, 1.165) is 56.9 Å². The zero-order valence-corrected chi connectivity index (χ0v) is 42.0. The maximum absolute atomic E-state index is 9.70. The molecule has 60 heavy (non-hydrogen) atoms. The summed E-state index contributed by atoms with van der Waals surface area (Å²) in [5.41, 5.74) is 21.9. The molecule has 2 rings (SSSR count). The van der Waals surface area contributed by atoms with Crippen molar-refractivity contribution in [2.75, 3.05) is 0 Å². The van der Waals surface area contributed by atoms with Gasteiger partial charge in [0.15, 0.2) is 0 Å². The maximum Gasteiger partial charge on any atom is 2.00 e. The van der Waals surface area contributed by atoms with E-state index in [1.807, 2.05) is 0 Å². The molecule has 0 bridgehead atoms. The van der Waals surface area contributed by atoms with E-state index in [1.54, 1.807) is 0 Å². The van der Waals surface area contributed by atoms with Crippen molar-refractivity contribution in [1.29, 1.82) is 0 Å². The molecule has 344 valence electrons. The van der Waals surface area contributed by atoms with Crippen LogP contribution in [0.15, 0.2) is 47.5 Å². The first kappa shape index (κ1) is 59.9. The smallest absolute Gasteiger partial charge is 0.348 e. The first-order valence-corrected chi connectivity index (χ1v) is 25.4. The second-order valence-corrected chi connectivity index (χ2v) is 17.2. The Labute approximate surface area is 385 Å². The molecule has 0 atom stereocenters. The van der Waals surface area contributed by atoms with Crippen LogP contribution in [-0.2, 0) is 42.2 Å². The maximum atomic E-state index is 9.70. The van der Waals surface area contributed by atoms with E-state index < -0.39 is 0 Å². The standard InChI is InChI=1S/C45H70N2.2C6H13.Ni/c1-7-12-17-20-21-24-29-44(37(6)36-47-46)45(42-32-38(25-15-10-4)30-39(33-42)26-16-11-5)43-34-40(27-22-18-13-8-2)31-41(35-43)28-23-19-14-9-3;2*1-3-5-6-4-2;/h30-35H,7-29H2,1-6H3;2*1,3-6H2,2H3;/q;2*-1;+2. The van der Waals surface area contributed by atoms with E-state index in [0.29, 0.717) is 0 Å². The largest absolute Gasteiger partial charge is 2.00 e. The number of rotatable bonds is 32. The van der Waals surface area contributed by atoms with Crippen molar-refractivity contribution in [2.45, 2.75) is 254 Å². The Morgan fingerprint density at radius 1 is 0.450 bits per heavy atom. The van der Waals surface area contributed by atoms with E-state index >= 15 is 0 Å². The minimum absolute atomic E-state index is 0. The molecule has 3 heteroatoms. The third-order valence-corrected chi connectivity index (χ3v) is 11.4. The Hall–Kier alpha value is -2.17. The summed E-state index contributed by atoms with van der Waals surface area (Å²) in [7, 11) is 0. The van der Waals surface area contributed by atoms with Crippen molar-refractivity contribution in [1.82, 2.24) is 0 Å². The predicted molar refractivity (Wildman–Crippen MR) is 267 cm³/mol. The molecule has 0 aliphatic rings. The molecule has 0 fully saturated rings. The van der Waals surface area contributed by atoms with Gasteiger partial charge in [0.1, 0.15) is 0 Å². The zero-order chi connectivity index (χ0) is 43.8. The van der Waals surface area contributed by atoms with Crippen LogP contribution in [0.2, 0.25) is 0 Å². The molecule has 0 aromatic heterocycles. The Morgan fingerprint density at radius 3 is 1.10 bits per heavy atom. The van der Waals surface area contributed by atoms with Crippen LogP contribution >= 0.6 is 0 Å². The summed E-state index contributed by atoms with van der Waals surface area (Å²) in [6.45, 7) is 25.4. The Morgan fingerprint density at radius 2 is 0.767 bits per heavy atom. The van der Waals surface area contributed by atoms with Crippen LogP contribution in [0.25, 0.3) is 11.1 Å². The molecule has 2 aromatic rings. The van der Waals surface area contributed by atoms with Crippen LogP contribution in [0.4, 0.5) is 0 Å². The number of benzene rings is 2. The average Bonchev–Trinajstić information content (AvgIpc) is 3.24. The first-order chi connectivity index (χ1) is 28.8. The van der Waals surface area contributed by atoms with Gasteiger partial charge in [-0.1, -0.05) is 207 Å². The van der Waals surface area contributed by atoms with Gasteiger partial charge in [-0.3, -0.25) is 0 Å². The molecule has 0 heterocycles. The first-order valence-electron chi connectivity index (χ1n) is 25.4.